The summed E-state index contributed by atoms with van der Waals surface area (Å²) in [5, 5.41) is 10.2. The number of fused-ring (bicyclic) bond motifs is 5. The molecule has 2 fully saturated rings. The summed E-state index contributed by atoms with van der Waals surface area (Å²) in [4.78, 5) is 0. The van der Waals surface area contributed by atoms with Crippen molar-refractivity contribution in [3.8, 4) is 5.75 Å². The first-order valence-corrected chi connectivity index (χ1v) is 9.11. The van der Waals surface area contributed by atoms with Crippen LogP contribution in [-0.2, 0) is 6.42 Å². The molecule has 3 aliphatic carbocycles. The molecule has 3 aliphatic rings. The van der Waals surface area contributed by atoms with Crippen LogP contribution in [0.3, 0.4) is 0 Å². The zero-order chi connectivity index (χ0) is 15.3. The van der Waals surface area contributed by atoms with Gasteiger partial charge in [-0.15, -0.1) is 0 Å². The third kappa shape index (κ3) is 2.05. The Hall–Kier alpha value is -1.24. The molecule has 0 unspecified atom stereocenters. The monoisotopic (exact) mass is 296 g/mol. The van der Waals surface area contributed by atoms with E-state index < -0.39 is 0 Å². The number of aromatic hydroxyl groups is 1. The van der Waals surface area contributed by atoms with Gasteiger partial charge in [0.1, 0.15) is 5.75 Å². The average molecular weight is 296 g/mol. The quantitative estimate of drug-likeness (QED) is 0.707. The number of rotatable bonds is 1. The highest BCUT2D eigenvalue weighted by molar-refractivity contribution is 5.60. The fourth-order valence-corrected chi connectivity index (χ4v) is 5.93. The topological polar surface area (TPSA) is 20.2 Å². The predicted octanol–water partition coefficient (Wildman–Crippen LogP) is 5.67. The molecule has 4 atom stereocenters. The van der Waals surface area contributed by atoms with E-state index in [4.69, 9.17) is 0 Å². The minimum absolute atomic E-state index is 0.455. The summed E-state index contributed by atoms with van der Waals surface area (Å²) >= 11 is 0. The highest BCUT2D eigenvalue weighted by Gasteiger charge is 2.50. The van der Waals surface area contributed by atoms with E-state index in [-0.39, 0.29) is 0 Å². The lowest BCUT2D eigenvalue weighted by atomic mass is 9.56. The molecule has 0 aliphatic heterocycles. The summed E-state index contributed by atoms with van der Waals surface area (Å²) in [5.74, 6) is 3.02. The van der Waals surface area contributed by atoms with Crippen LogP contribution in [0.5, 0.6) is 5.75 Å². The van der Waals surface area contributed by atoms with E-state index in [9.17, 15) is 5.11 Å². The Kier molecular flexibility index (Phi) is 3.36. The maximum Gasteiger partial charge on any atom is 0.123 e. The number of hydrogen-bond donors (Lipinski definition) is 1. The van der Waals surface area contributed by atoms with E-state index in [1.165, 1.54) is 44.1 Å². The molecule has 0 radical (unpaired) electrons. The van der Waals surface area contributed by atoms with E-state index in [0.29, 0.717) is 11.2 Å². The average Bonchev–Trinajstić information content (AvgIpc) is 2.90. The van der Waals surface area contributed by atoms with Crippen LogP contribution < -0.4 is 0 Å². The maximum atomic E-state index is 10.2. The molecule has 1 nitrogen and oxygen atoms in total. The van der Waals surface area contributed by atoms with E-state index in [1.54, 1.807) is 5.56 Å². The molecule has 0 bridgehead atoms. The van der Waals surface area contributed by atoms with Crippen molar-refractivity contribution in [1.29, 1.82) is 0 Å². The van der Waals surface area contributed by atoms with Crippen molar-refractivity contribution in [2.45, 2.75) is 64.7 Å². The van der Waals surface area contributed by atoms with Crippen LogP contribution in [0.25, 0.3) is 6.08 Å². The van der Waals surface area contributed by atoms with Gasteiger partial charge in [0.15, 0.2) is 0 Å². The van der Waals surface area contributed by atoms with Gasteiger partial charge in [0, 0.05) is 5.56 Å². The molecule has 0 aromatic heterocycles. The molecular formula is C21H28O. The molecule has 118 valence electrons. The molecule has 1 aromatic carbocycles. The van der Waals surface area contributed by atoms with Crippen molar-refractivity contribution < 1.29 is 5.11 Å². The molecule has 22 heavy (non-hydrogen) atoms. The summed E-state index contributed by atoms with van der Waals surface area (Å²) in [6.45, 7) is 4.57. The van der Waals surface area contributed by atoms with Gasteiger partial charge in [-0.3, -0.25) is 0 Å². The summed E-state index contributed by atoms with van der Waals surface area (Å²) in [7, 11) is 0. The first kappa shape index (κ1) is 14.4. The molecular weight excluding hydrogens is 268 g/mol. The Morgan fingerprint density at radius 1 is 1.18 bits per heavy atom. The van der Waals surface area contributed by atoms with Gasteiger partial charge < -0.3 is 5.11 Å². The van der Waals surface area contributed by atoms with Crippen LogP contribution in [0, 0.1) is 17.3 Å². The second kappa shape index (κ2) is 5.15. The smallest absolute Gasteiger partial charge is 0.123 e. The highest BCUT2D eigenvalue weighted by atomic mass is 16.3. The Morgan fingerprint density at radius 2 is 2.05 bits per heavy atom. The van der Waals surface area contributed by atoms with E-state index in [2.05, 4.69) is 13.0 Å². The van der Waals surface area contributed by atoms with Crippen LogP contribution in [0.4, 0.5) is 0 Å². The summed E-state index contributed by atoms with van der Waals surface area (Å²) in [6, 6.07) is 4.34. The van der Waals surface area contributed by atoms with Gasteiger partial charge in [0.05, 0.1) is 0 Å². The molecule has 0 spiro atoms. The normalized spacial score (nSPS) is 36.9. The van der Waals surface area contributed by atoms with E-state index >= 15 is 0 Å². The number of allylic oxidation sites excluding steroid dienone is 1. The fraction of sp³-hybridized carbons (Fsp3) is 0.619. The second-order valence-electron chi connectivity index (χ2n) is 8.11. The van der Waals surface area contributed by atoms with Gasteiger partial charge in [0.2, 0.25) is 0 Å². The third-order valence-electron chi connectivity index (χ3n) is 7.00. The van der Waals surface area contributed by atoms with Gasteiger partial charge in [-0.05, 0) is 91.9 Å². The SMILES string of the molecule is C/C=C\c1cc2c(cc1O)CC[C@@H]1[C@@H]2CC[C@]2(C)CCC[C@@H]12. The van der Waals surface area contributed by atoms with Crippen molar-refractivity contribution in [1.82, 2.24) is 0 Å². The molecule has 0 heterocycles. The molecule has 1 heteroatoms. The number of benzene rings is 1. The van der Waals surface area contributed by atoms with Crippen molar-refractivity contribution in [2.75, 3.05) is 0 Å². The fourth-order valence-electron chi connectivity index (χ4n) is 5.93. The predicted molar refractivity (Wildman–Crippen MR) is 92.0 cm³/mol. The van der Waals surface area contributed by atoms with Gasteiger partial charge in [-0.1, -0.05) is 25.5 Å². The number of phenolic OH excluding ortho intramolecular Hbond substituents is 1. The van der Waals surface area contributed by atoms with Crippen LogP contribution in [0.2, 0.25) is 0 Å². The molecule has 0 saturated heterocycles. The summed E-state index contributed by atoms with van der Waals surface area (Å²) in [5.41, 5.74) is 4.59. The first-order valence-electron chi connectivity index (χ1n) is 9.11. The maximum absolute atomic E-state index is 10.2. The van der Waals surface area contributed by atoms with E-state index in [0.717, 1.165) is 29.7 Å². The Balaban J connectivity index is 1.74. The zero-order valence-corrected chi connectivity index (χ0v) is 13.9. The summed E-state index contributed by atoms with van der Waals surface area (Å²) < 4.78 is 0. The lowest BCUT2D eigenvalue weighted by Crippen LogP contribution is -2.39. The van der Waals surface area contributed by atoms with Crippen molar-refractivity contribution >= 4 is 6.08 Å². The minimum atomic E-state index is 0.455. The zero-order valence-electron chi connectivity index (χ0n) is 13.9. The molecule has 1 N–H and O–H groups in total. The molecule has 2 saturated carbocycles. The third-order valence-corrected chi connectivity index (χ3v) is 7.00. The molecule has 1 aromatic rings. The Morgan fingerprint density at radius 3 is 2.86 bits per heavy atom. The van der Waals surface area contributed by atoms with Crippen LogP contribution >= 0.6 is 0 Å². The van der Waals surface area contributed by atoms with Crippen molar-refractivity contribution in [3.63, 3.8) is 0 Å². The highest BCUT2D eigenvalue weighted by Crippen LogP contribution is 2.61. The standard InChI is InChI=1S/C21H28O/c1-3-5-15-12-18-14(13-20(15)22)7-8-17-16(18)9-11-21(2)10-4-6-19(17)21/h3,5,12-13,16-17,19,22H,4,6-11H2,1-2H3/b5-3-/t16-,17+,19-,21-/m0/s1. The molecule has 0 amide bonds. The Labute approximate surface area is 134 Å². The van der Waals surface area contributed by atoms with Crippen LogP contribution in [0.15, 0.2) is 18.2 Å². The number of phenols is 1. The number of aryl methyl sites for hydroxylation is 1. The van der Waals surface area contributed by atoms with E-state index in [1.807, 2.05) is 25.1 Å². The largest absolute Gasteiger partial charge is 0.507 e. The van der Waals surface area contributed by atoms with Crippen LogP contribution in [0.1, 0.15) is 75.0 Å². The van der Waals surface area contributed by atoms with Gasteiger partial charge in [-0.2, -0.15) is 0 Å². The second-order valence-corrected chi connectivity index (χ2v) is 8.11. The van der Waals surface area contributed by atoms with Gasteiger partial charge in [-0.25, -0.2) is 0 Å². The minimum Gasteiger partial charge on any atom is -0.507 e. The molecule has 4 rings (SSSR count). The number of hydrogen-bond acceptors (Lipinski definition) is 1. The first-order chi connectivity index (χ1) is 10.6. The van der Waals surface area contributed by atoms with Crippen LogP contribution in [-0.4, -0.2) is 5.11 Å². The van der Waals surface area contributed by atoms with Crippen molar-refractivity contribution in [2.24, 2.45) is 17.3 Å². The summed E-state index contributed by atoms with van der Waals surface area (Å²) in [6.07, 6.45) is 13.7. The lowest BCUT2D eigenvalue weighted by molar-refractivity contribution is 0.0598. The van der Waals surface area contributed by atoms with Crippen molar-refractivity contribution in [3.05, 3.63) is 34.9 Å². The van der Waals surface area contributed by atoms with Gasteiger partial charge >= 0.3 is 0 Å². The Bertz CT molecular complexity index is 615. The van der Waals surface area contributed by atoms with Gasteiger partial charge in [0.25, 0.3) is 0 Å². The lowest BCUT2D eigenvalue weighted by Gasteiger charge is -2.49.